The first-order chi connectivity index (χ1) is 12.7. The third-order valence-electron chi connectivity index (χ3n) is 5.15. The van der Waals surface area contributed by atoms with E-state index in [9.17, 15) is 9.59 Å². The summed E-state index contributed by atoms with van der Waals surface area (Å²) in [7, 11) is 0. The van der Waals surface area contributed by atoms with E-state index >= 15 is 0 Å². The molecule has 9 nitrogen and oxygen atoms in total. The molecule has 2 aromatic rings. The summed E-state index contributed by atoms with van der Waals surface area (Å²) in [6.45, 7) is 1.31. The molecule has 2 bridgehead atoms. The lowest BCUT2D eigenvalue weighted by Crippen LogP contribution is -2.72. The molecule has 0 amide bonds. The van der Waals surface area contributed by atoms with Gasteiger partial charge in [-0.25, -0.2) is 14.5 Å². The van der Waals surface area contributed by atoms with Gasteiger partial charge in [-0.05, 0) is 30.2 Å². The van der Waals surface area contributed by atoms with E-state index in [1.807, 2.05) is 29.2 Å². The van der Waals surface area contributed by atoms with E-state index in [2.05, 4.69) is 10.3 Å². The zero-order valence-corrected chi connectivity index (χ0v) is 13.8. The van der Waals surface area contributed by atoms with E-state index in [-0.39, 0.29) is 5.92 Å². The van der Waals surface area contributed by atoms with Gasteiger partial charge >= 0.3 is 17.8 Å². The van der Waals surface area contributed by atoms with Gasteiger partial charge in [0.2, 0.25) is 6.10 Å². The summed E-state index contributed by atoms with van der Waals surface area (Å²) in [5.74, 6) is -2.81. The van der Waals surface area contributed by atoms with Crippen molar-refractivity contribution < 1.29 is 23.9 Å². The van der Waals surface area contributed by atoms with Crippen molar-refractivity contribution in [1.29, 1.82) is 0 Å². The van der Waals surface area contributed by atoms with E-state index in [1.165, 1.54) is 4.85 Å². The first kappa shape index (κ1) is 15.3. The van der Waals surface area contributed by atoms with Gasteiger partial charge in [0.25, 0.3) is 0 Å². The minimum absolute atomic E-state index is 0.0571. The largest absolute Gasteiger partial charge is 0.402 e. The number of nitrogens with zero attached hydrogens (tertiary/aromatic N) is 4. The number of aromatic nitrogens is 3. The van der Waals surface area contributed by atoms with E-state index in [1.54, 1.807) is 0 Å². The summed E-state index contributed by atoms with van der Waals surface area (Å²) < 4.78 is 11.2. The highest BCUT2D eigenvalue weighted by molar-refractivity contribution is 5.93. The van der Waals surface area contributed by atoms with Crippen molar-refractivity contribution in [2.45, 2.75) is 24.9 Å². The van der Waals surface area contributed by atoms with E-state index < -0.39 is 24.0 Å². The highest BCUT2D eigenvalue weighted by Crippen LogP contribution is 2.42. The molecule has 26 heavy (non-hydrogen) atoms. The third-order valence-corrected chi connectivity index (χ3v) is 5.15. The minimum Gasteiger partial charge on any atom is -0.402 e. The molecule has 0 radical (unpaired) electrons. The number of piperidine rings is 3. The lowest BCUT2D eigenvalue weighted by Gasteiger charge is -2.53. The highest BCUT2D eigenvalue weighted by atomic mass is 16.8. The van der Waals surface area contributed by atoms with Crippen LogP contribution >= 0.6 is 0 Å². The third kappa shape index (κ3) is 2.20. The molecular formula is C17H16N4O5. The van der Waals surface area contributed by atoms with Crippen LogP contribution in [0.2, 0.25) is 0 Å². The van der Waals surface area contributed by atoms with Gasteiger partial charge in [-0.2, -0.15) is 0 Å². The second kappa shape index (κ2) is 5.53. The molecule has 134 valence electrons. The van der Waals surface area contributed by atoms with Gasteiger partial charge in [0.15, 0.2) is 0 Å². The molecule has 4 aliphatic heterocycles. The molecule has 1 aromatic carbocycles. The first-order valence-electron chi connectivity index (χ1n) is 8.52. The molecule has 4 aliphatic rings. The van der Waals surface area contributed by atoms with Crippen LogP contribution < -0.4 is 4.84 Å². The maximum Gasteiger partial charge on any atom is 0.362 e. The van der Waals surface area contributed by atoms with Crippen LogP contribution in [0.15, 0.2) is 36.4 Å². The number of benzene rings is 1. The molecule has 3 saturated heterocycles. The topological polar surface area (TPSA) is 95.8 Å². The Kier molecular flexibility index (Phi) is 3.26. The highest BCUT2D eigenvalue weighted by Gasteiger charge is 2.62. The predicted molar refractivity (Wildman–Crippen MR) is 86.2 cm³/mol. The monoisotopic (exact) mass is 356 g/mol. The molecule has 0 saturated carbocycles. The van der Waals surface area contributed by atoms with Crippen LogP contribution in [0.3, 0.4) is 0 Å². The summed E-state index contributed by atoms with van der Waals surface area (Å²) in [5, 5.41) is 8.12. The van der Waals surface area contributed by atoms with Crippen molar-refractivity contribution in [2.75, 3.05) is 13.1 Å². The Labute approximate surface area is 148 Å². The van der Waals surface area contributed by atoms with Gasteiger partial charge < -0.3 is 14.3 Å². The number of esters is 2. The van der Waals surface area contributed by atoms with Gasteiger partial charge in [-0.1, -0.05) is 17.0 Å². The lowest BCUT2D eigenvalue weighted by molar-refractivity contribution is -0.361. The summed E-state index contributed by atoms with van der Waals surface area (Å²) in [6.07, 6.45) is 3.14. The predicted octanol–water partition coefficient (Wildman–Crippen LogP) is 0.264. The second-order valence-corrected chi connectivity index (χ2v) is 6.61. The molecule has 1 unspecified atom stereocenters. The number of para-hydroxylation sites is 1. The van der Waals surface area contributed by atoms with Gasteiger partial charge in [-0.15, -0.1) is 5.10 Å². The van der Waals surface area contributed by atoms with Crippen molar-refractivity contribution in [3.05, 3.63) is 36.4 Å². The summed E-state index contributed by atoms with van der Waals surface area (Å²) in [5.41, 5.74) is 1.36. The zero-order valence-electron chi connectivity index (χ0n) is 13.8. The molecule has 1 aromatic heterocycles. The number of hydrogen-bond donors (Lipinski definition) is 0. The van der Waals surface area contributed by atoms with Crippen molar-refractivity contribution in [2.24, 2.45) is 5.92 Å². The molecule has 0 aliphatic carbocycles. The first-order valence-corrected chi connectivity index (χ1v) is 8.52. The Morgan fingerprint density at radius 2 is 1.77 bits per heavy atom. The van der Waals surface area contributed by atoms with Crippen LogP contribution in [0.1, 0.15) is 12.8 Å². The van der Waals surface area contributed by atoms with Crippen LogP contribution in [-0.2, 0) is 19.1 Å². The second-order valence-electron chi connectivity index (χ2n) is 6.61. The number of rotatable bonds is 2. The summed E-state index contributed by atoms with van der Waals surface area (Å²) in [4.78, 5) is 33.4. The average Bonchev–Trinajstić information content (AvgIpc) is 2.99. The van der Waals surface area contributed by atoms with Crippen molar-refractivity contribution >= 4 is 23.0 Å². The summed E-state index contributed by atoms with van der Waals surface area (Å²) >= 11 is 0. The number of ether oxygens (including phenoxy) is 2. The minimum atomic E-state index is -1.59. The number of carbonyl (C=O) groups excluding carboxylic acids is 2. The Morgan fingerprint density at radius 1 is 1.08 bits per heavy atom. The van der Waals surface area contributed by atoms with Gasteiger partial charge in [0, 0.05) is 31.2 Å². The van der Waals surface area contributed by atoms with Gasteiger partial charge in [0.1, 0.15) is 11.0 Å². The van der Waals surface area contributed by atoms with Gasteiger partial charge in [0.05, 0.1) is 0 Å². The standard InChI is InChI=1S/C17H16N4O5/c22-14-5-6-15(23)25-17(24-14)16(11-7-9-20(17)10-8-11)26-21-13-4-2-1-3-12(13)18-19-21/h1-6,11,16H,7-10H2. The van der Waals surface area contributed by atoms with Gasteiger partial charge in [-0.3, -0.25) is 0 Å². The van der Waals surface area contributed by atoms with Crippen LogP contribution in [0.5, 0.6) is 0 Å². The lowest BCUT2D eigenvalue weighted by atomic mass is 9.82. The SMILES string of the molecule is O=C1C=CC(=O)OC2(O1)C(On1nnc3ccccc31)C1CCN2CC1. The molecule has 1 spiro atoms. The van der Waals surface area contributed by atoms with Crippen molar-refractivity contribution in [1.82, 2.24) is 20.1 Å². The fourth-order valence-electron chi connectivity index (χ4n) is 3.94. The number of hydrogen-bond acceptors (Lipinski definition) is 8. The van der Waals surface area contributed by atoms with E-state index in [4.69, 9.17) is 14.3 Å². The van der Waals surface area contributed by atoms with E-state index in [0.29, 0.717) is 24.1 Å². The number of fused-ring (bicyclic) bond motifs is 3. The Morgan fingerprint density at radius 3 is 2.50 bits per heavy atom. The molecule has 0 N–H and O–H groups in total. The normalized spacial score (nSPS) is 29.5. The molecule has 3 fully saturated rings. The Balaban J connectivity index is 1.56. The van der Waals surface area contributed by atoms with Crippen LogP contribution in [0.25, 0.3) is 11.0 Å². The van der Waals surface area contributed by atoms with Crippen molar-refractivity contribution in [3.63, 3.8) is 0 Å². The Hall–Kier alpha value is -2.94. The number of carbonyl (C=O) groups is 2. The zero-order chi connectivity index (χ0) is 17.7. The fourth-order valence-corrected chi connectivity index (χ4v) is 3.94. The average molecular weight is 356 g/mol. The maximum absolute atomic E-state index is 12.1. The molecule has 1 atom stereocenters. The molecule has 6 rings (SSSR count). The van der Waals surface area contributed by atoms with E-state index in [0.717, 1.165) is 25.0 Å². The molecule has 9 heteroatoms. The van der Waals surface area contributed by atoms with Crippen molar-refractivity contribution in [3.8, 4) is 0 Å². The smallest absolute Gasteiger partial charge is 0.362 e. The van der Waals surface area contributed by atoms with Crippen LogP contribution in [-0.4, -0.2) is 57.1 Å². The molecular weight excluding hydrogens is 340 g/mol. The Bertz CT molecular complexity index is 895. The summed E-state index contributed by atoms with van der Waals surface area (Å²) in [6, 6.07) is 7.37. The van der Waals surface area contributed by atoms with Crippen LogP contribution in [0.4, 0.5) is 0 Å². The fraction of sp³-hybridized carbons (Fsp3) is 0.412. The quantitative estimate of drug-likeness (QED) is 0.708. The van der Waals surface area contributed by atoms with Crippen LogP contribution in [0, 0.1) is 5.92 Å². The maximum atomic E-state index is 12.1. The molecule has 5 heterocycles.